The van der Waals surface area contributed by atoms with Gasteiger partial charge < -0.3 is 15.4 Å². The molecule has 1 aliphatic heterocycles. The van der Waals surface area contributed by atoms with E-state index in [0.29, 0.717) is 22.3 Å². The number of hydrogen-bond donors (Lipinski definition) is 3. The summed E-state index contributed by atoms with van der Waals surface area (Å²) in [5, 5.41) is 9.39. The first-order valence-electron chi connectivity index (χ1n) is 6.65. The maximum Gasteiger partial charge on any atom is 0.491 e. The highest BCUT2D eigenvalue weighted by atomic mass is 32.2. The molecule has 7 nitrogen and oxygen atoms in total. The van der Waals surface area contributed by atoms with E-state index in [1.807, 2.05) is 0 Å². The molecule has 120 valence electrons. The Bertz CT molecular complexity index is 891. The Kier molecular flexibility index (Phi) is 3.75. The summed E-state index contributed by atoms with van der Waals surface area (Å²) in [4.78, 5) is 3.79. The molecule has 0 amide bonds. The Hall–Kier alpha value is -2.17. The van der Waals surface area contributed by atoms with Gasteiger partial charge in [-0.05, 0) is 41.7 Å². The molecule has 10 heteroatoms. The SMILES string of the molecule is Cc1cc(N)cnc1S(=O)(=O)Nc1cc2c(cc1F)COB2O. The van der Waals surface area contributed by atoms with Gasteiger partial charge in [-0.15, -0.1) is 0 Å². The average molecular weight is 337 g/mol. The lowest BCUT2D eigenvalue weighted by molar-refractivity contribution is 0.275. The molecule has 0 radical (unpaired) electrons. The van der Waals surface area contributed by atoms with Crippen molar-refractivity contribution in [2.24, 2.45) is 0 Å². The van der Waals surface area contributed by atoms with Crippen molar-refractivity contribution in [2.45, 2.75) is 18.6 Å². The summed E-state index contributed by atoms with van der Waals surface area (Å²) >= 11 is 0. The monoisotopic (exact) mass is 337 g/mol. The van der Waals surface area contributed by atoms with Gasteiger partial charge in [-0.1, -0.05) is 0 Å². The van der Waals surface area contributed by atoms with Crippen LogP contribution in [0.25, 0.3) is 0 Å². The number of nitrogen functional groups attached to an aromatic ring is 1. The summed E-state index contributed by atoms with van der Waals surface area (Å²) in [6.07, 6.45) is 1.21. The van der Waals surface area contributed by atoms with Crippen molar-refractivity contribution in [3.8, 4) is 0 Å². The molecule has 0 unspecified atom stereocenters. The van der Waals surface area contributed by atoms with Crippen LogP contribution in [0.3, 0.4) is 0 Å². The Morgan fingerprint density at radius 3 is 2.87 bits per heavy atom. The zero-order valence-electron chi connectivity index (χ0n) is 12.1. The number of hydrogen-bond acceptors (Lipinski definition) is 6. The van der Waals surface area contributed by atoms with Gasteiger partial charge in [0.05, 0.1) is 24.2 Å². The molecule has 0 atom stereocenters. The number of benzene rings is 1. The van der Waals surface area contributed by atoms with Crippen molar-refractivity contribution in [1.82, 2.24) is 4.98 Å². The number of nitrogens with one attached hydrogen (secondary N) is 1. The predicted octanol–water partition coefficient (Wildman–Crippen LogP) is 0.130. The fourth-order valence-electron chi connectivity index (χ4n) is 2.38. The van der Waals surface area contributed by atoms with Gasteiger partial charge in [-0.25, -0.2) is 9.37 Å². The third-order valence-electron chi connectivity index (χ3n) is 3.44. The minimum atomic E-state index is -4.10. The standard InChI is InChI=1S/C13H13BFN3O4S/c1-7-2-9(16)5-17-13(7)23(20,21)18-12-4-10-8(3-11(12)15)6-22-14(10)19/h2-5,18-19H,6,16H2,1H3. The highest BCUT2D eigenvalue weighted by Crippen LogP contribution is 2.23. The van der Waals surface area contributed by atoms with Crippen LogP contribution >= 0.6 is 0 Å². The maximum absolute atomic E-state index is 14.1. The highest BCUT2D eigenvalue weighted by molar-refractivity contribution is 7.92. The topological polar surface area (TPSA) is 115 Å². The number of halogens is 1. The van der Waals surface area contributed by atoms with E-state index in [0.717, 1.165) is 6.07 Å². The number of nitrogens with two attached hydrogens (primary N) is 1. The molecule has 0 aliphatic carbocycles. The summed E-state index contributed by atoms with van der Waals surface area (Å²) in [5.41, 5.74) is 6.72. The van der Waals surface area contributed by atoms with Gasteiger partial charge in [-0.2, -0.15) is 8.42 Å². The molecule has 3 rings (SSSR count). The number of nitrogens with zero attached hydrogens (tertiary/aromatic N) is 1. The van der Waals surface area contributed by atoms with Crippen molar-refractivity contribution >= 4 is 34.0 Å². The number of anilines is 2. The van der Waals surface area contributed by atoms with E-state index in [4.69, 9.17) is 10.4 Å². The van der Waals surface area contributed by atoms with E-state index < -0.39 is 23.0 Å². The maximum atomic E-state index is 14.1. The number of sulfonamides is 1. The van der Waals surface area contributed by atoms with Crippen LogP contribution in [0.4, 0.5) is 15.8 Å². The van der Waals surface area contributed by atoms with Gasteiger partial charge in [0.1, 0.15) is 5.82 Å². The Morgan fingerprint density at radius 1 is 1.43 bits per heavy atom. The van der Waals surface area contributed by atoms with E-state index in [9.17, 15) is 17.8 Å². The van der Waals surface area contributed by atoms with E-state index >= 15 is 0 Å². The summed E-state index contributed by atoms with van der Waals surface area (Å²) in [6.45, 7) is 1.60. The molecule has 0 spiro atoms. The van der Waals surface area contributed by atoms with Crippen LogP contribution in [0, 0.1) is 12.7 Å². The van der Waals surface area contributed by atoms with E-state index in [1.165, 1.54) is 25.3 Å². The van der Waals surface area contributed by atoms with Gasteiger partial charge >= 0.3 is 7.12 Å². The third kappa shape index (κ3) is 2.88. The Morgan fingerprint density at radius 2 is 2.17 bits per heavy atom. The first-order valence-corrected chi connectivity index (χ1v) is 8.13. The minimum absolute atomic E-state index is 0.0685. The number of fused-ring (bicyclic) bond motifs is 1. The summed E-state index contributed by atoms with van der Waals surface area (Å²) in [5.74, 6) is -0.766. The van der Waals surface area contributed by atoms with Gasteiger partial charge in [-0.3, -0.25) is 4.72 Å². The summed E-state index contributed by atoms with van der Waals surface area (Å²) < 4.78 is 46.0. The molecule has 2 aromatic rings. The summed E-state index contributed by atoms with van der Waals surface area (Å²) in [7, 11) is -5.30. The Balaban J connectivity index is 2.00. The highest BCUT2D eigenvalue weighted by Gasteiger charge is 2.30. The lowest BCUT2D eigenvalue weighted by Gasteiger charge is -2.12. The second-order valence-corrected chi connectivity index (χ2v) is 6.79. The summed E-state index contributed by atoms with van der Waals surface area (Å²) in [6, 6.07) is 3.80. The average Bonchev–Trinajstić information content (AvgIpc) is 2.79. The van der Waals surface area contributed by atoms with Crippen LogP contribution in [-0.2, 0) is 21.3 Å². The van der Waals surface area contributed by atoms with Gasteiger partial charge in [0.15, 0.2) is 5.03 Å². The van der Waals surface area contributed by atoms with E-state index in [1.54, 1.807) is 0 Å². The van der Waals surface area contributed by atoms with Crippen molar-refractivity contribution < 1.29 is 22.5 Å². The molecular weight excluding hydrogens is 324 g/mol. The fraction of sp³-hybridized carbons (Fsp3) is 0.154. The number of aryl methyl sites for hydroxylation is 1. The molecule has 1 aliphatic rings. The van der Waals surface area contributed by atoms with Crippen molar-refractivity contribution in [3.63, 3.8) is 0 Å². The number of aromatic nitrogens is 1. The molecule has 0 bridgehead atoms. The first-order chi connectivity index (χ1) is 10.8. The van der Waals surface area contributed by atoms with Crippen LogP contribution in [0.15, 0.2) is 29.4 Å². The molecule has 4 N–H and O–H groups in total. The second kappa shape index (κ2) is 5.48. The van der Waals surface area contributed by atoms with Gasteiger partial charge in [0, 0.05) is 0 Å². The third-order valence-corrected chi connectivity index (χ3v) is 4.87. The van der Waals surface area contributed by atoms with Crippen LogP contribution < -0.4 is 15.9 Å². The zero-order valence-corrected chi connectivity index (χ0v) is 12.9. The van der Waals surface area contributed by atoms with Crippen molar-refractivity contribution in [3.05, 3.63) is 41.3 Å². The predicted molar refractivity (Wildman–Crippen MR) is 83.0 cm³/mol. The van der Waals surface area contributed by atoms with Crippen molar-refractivity contribution in [1.29, 1.82) is 0 Å². The largest absolute Gasteiger partial charge is 0.491 e. The lowest BCUT2D eigenvalue weighted by Crippen LogP contribution is -2.29. The molecular formula is C13H13BFN3O4S. The van der Waals surface area contributed by atoms with Crippen LogP contribution in [0.2, 0.25) is 0 Å². The number of pyridine rings is 1. The smallest absolute Gasteiger partial charge is 0.423 e. The molecule has 0 saturated heterocycles. The number of rotatable bonds is 3. The molecule has 1 aromatic heterocycles. The second-order valence-electron chi connectivity index (χ2n) is 5.19. The molecule has 2 heterocycles. The Labute approximate surface area is 132 Å². The van der Waals surface area contributed by atoms with E-state index in [2.05, 4.69) is 9.71 Å². The van der Waals surface area contributed by atoms with Crippen LogP contribution in [-0.4, -0.2) is 25.5 Å². The molecule has 23 heavy (non-hydrogen) atoms. The zero-order chi connectivity index (χ0) is 16.8. The first kappa shape index (κ1) is 15.7. The van der Waals surface area contributed by atoms with E-state index in [-0.39, 0.29) is 17.3 Å². The molecule has 1 aromatic carbocycles. The van der Waals surface area contributed by atoms with Gasteiger partial charge in [0.25, 0.3) is 10.0 Å². The quantitative estimate of drug-likeness (QED) is 0.686. The molecule has 0 fully saturated rings. The van der Waals surface area contributed by atoms with Crippen molar-refractivity contribution in [2.75, 3.05) is 10.5 Å². The normalized spacial score (nSPS) is 14.0. The molecule has 0 saturated carbocycles. The van der Waals surface area contributed by atoms with Crippen LogP contribution in [0.1, 0.15) is 11.1 Å². The fourth-order valence-corrected chi connectivity index (χ4v) is 3.60. The lowest BCUT2D eigenvalue weighted by atomic mass is 9.79. The van der Waals surface area contributed by atoms with Gasteiger partial charge in [0.2, 0.25) is 0 Å². The minimum Gasteiger partial charge on any atom is -0.423 e. The van der Waals surface area contributed by atoms with Crippen LogP contribution in [0.5, 0.6) is 0 Å².